The van der Waals surface area contributed by atoms with Gasteiger partial charge in [-0.2, -0.15) is 0 Å². The van der Waals surface area contributed by atoms with Crippen LogP contribution in [-0.2, 0) is 17.6 Å². The molecule has 1 aromatic carbocycles. The van der Waals surface area contributed by atoms with E-state index in [-0.39, 0.29) is 0 Å². The largest absolute Gasteiger partial charge is 0.368 e. The minimum Gasteiger partial charge on any atom is -0.368 e. The Kier molecular flexibility index (Phi) is 1.63. The fourth-order valence-electron chi connectivity index (χ4n) is 1.82. The first-order chi connectivity index (χ1) is 6.12. The second-order valence-corrected chi connectivity index (χ2v) is 3.64. The van der Waals surface area contributed by atoms with Crippen LogP contribution in [0.5, 0.6) is 0 Å². The lowest BCUT2D eigenvalue weighted by Crippen LogP contribution is -2.52. The van der Waals surface area contributed by atoms with E-state index in [2.05, 4.69) is 0 Å². The van der Waals surface area contributed by atoms with Gasteiger partial charge in [0.15, 0.2) is 0 Å². The highest BCUT2D eigenvalue weighted by molar-refractivity contribution is 5.86. The Morgan fingerprint density at radius 3 is 2.08 bits per heavy atom. The number of nitrogens with two attached hydrogens (primary N) is 2. The van der Waals surface area contributed by atoms with Gasteiger partial charge in [-0.3, -0.25) is 4.79 Å². The molecule has 0 fully saturated rings. The molecule has 3 nitrogen and oxygen atoms in total. The third-order valence-corrected chi connectivity index (χ3v) is 2.62. The van der Waals surface area contributed by atoms with Crippen LogP contribution in [0.4, 0.5) is 0 Å². The zero-order valence-corrected chi connectivity index (χ0v) is 7.29. The molecule has 4 N–H and O–H groups in total. The molecule has 2 rings (SSSR count). The van der Waals surface area contributed by atoms with Gasteiger partial charge < -0.3 is 11.5 Å². The van der Waals surface area contributed by atoms with E-state index in [4.69, 9.17) is 11.5 Å². The van der Waals surface area contributed by atoms with Crippen LogP contribution < -0.4 is 11.5 Å². The molecular formula is C10H12N2O. The molecule has 0 saturated heterocycles. The van der Waals surface area contributed by atoms with Gasteiger partial charge in [-0.15, -0.1) is 0 Å². The summed E-state index contributed by atoms with van der Waals surface area (Å²) in [6.07, 6.45) is 1.14. The minimum atomic E-state index is -0.857. The van der Waals surface area contributed by atoms with Crippen molar-refractivity contribution in [1.82, 2.24) is 0 Å². The number of carbonyl (C=O) groups is 1. The molecule has 0 bridgehead atoms. The molecule has 68 valence electrons. The summed E-state index contributed by atoms with van der Waals surface area (Å²) in [5, 5.41) is 0. The van der Waals surface area contributed by atoms with Gasteiger partial charge in [0.05, 0.1) is 0 Å². The van der Waals surface area contributed by atoms with Gasteiger partial charge in [0, 0.05) is 0 Å². The monoisotopic (exact) mass is 176 g/mol. The van der Waals surface area contributed by atoms with Gasteiger partial charge in [-0.1, -0.05) is 24.3 Å². The summed E-state index contributed by atoms with van der Waals surface area (Å²) in [6, 6.07) is 7.89. The van der Waals surface area contributed by atoms with Gasteiger partial charge in [-0.25, -0.2) is 0 Å². The van der Waals surface area contributed by atoms with E-state index in [1.807, 2.05) is 24.3 Å². The Morgan fingerprint density at radius 2 is 1.69 bits per heavy atom. The number of carbonyl (C=O) groups excluding carboxylic acids is 1. The fraction of sp³-hybridized carbons (Fsp3) is 0.300. The first-order valence-corrected chi connectivity index (χ1v) is 4.27. The smallest absolute Gasteiger partial charge is 0.238 e. The van der Waals surface area contributed by atoms with Crippen LogP contribution in [-0.4, -0.2) is 11.4 Å². The van der Waals surface area contributed by atoms with Gasteiger partial charge in [-0.05, 0) is 24.0 Å². The van der Waals surface area contributed by atoms with Gasteiger partial charge in [0.2, 0.25) is 5.91 Å². The van der Waals surface area contributed by atoms with Crippen molar-refractivity contribution >= 4 is 5.91 Å². The average Bonchev–Trinajstić information content (AvgIpc) is 2.42. The number of hydrogen-bond donors (Lipinski definition) is 2. The van der Waals surface area contributed by atoms with E-state index in [1.165, 1.54) is 0 Å². The maximum Gasteiger partial charge on any atom is 0.238 e. The third-order valence-electron chi connectivity index (χ3n) is 2.62. The Hall–Kier alpha value is -1.35. The van der Waals surface area contributed by atoms with Crippen LogP contribution in [0.15, 0.2) is 24.3 Å². The first-order valence-electron chi connectivity index (χ1n) is 4.27. The topological polar surface area (TPSA) is 69.1 Å². The Bertz CT molecular complexity index is 335. The molecule has 1 amide bonds. The average molecular weight is 176 g/mol. The zero-order chi connectivity index (χ0) is 9.47. The van der Waals surface area contributed by atoms with E-state index in [1.54, 1.807) is 0 Å². The van der Waals surface area contributed by atoms with Gasteiger partial charge in [0.25, 0.3) is 0 Å². The van der Waals surface area contributed by atoms with Crippen LogP contribution in [0, 0.1) is 0 Å². The number of primary amides is 1. The number of amides is 1. The molecule has 0 unspecified atom stereocenters. The molecule has 1 aliphatic carbocycles. The van der Waals surface area contributed by atoms with Crippen LogP contribution in [0.25, 0.3) is 0 Å². The Balaban J connectivity index is 2.37. The molecule has 0 saturated carbocycles. The Morgan fingerprint density at radius 1 is 1.23 bits per heavy atom. The summed E-state index contributed by atoms with van der Waals surface area (Å²) in [5.41, 5.74) is 12.6. The van der Waals surface area contributed by atoms with Crippen molar-refractivity contribution in [3.63, 3.8) is 0 Å². The van der Waals surface area contributed by atoms with Gasteiger partial charge >= 0.3 is 0 Å². The summed E-state index contributed by atoms with van der Waals surface area (Å²) < 4.78 is 0. The van der Waals surface area contributed by atoms with Crippen molar-refractivity contribution in [2.24, 2.45) is 11.5 Å². The number of hydrogen-bond acceptors (Lipinski definition) is 2. The zero-order valence-electron chi connectivity index (χ0n) is 7.29. The molecule has 13 heavy (non-hydrogen) atoms. The summed E-state index contributed by atoms with van der Waals surface area (Å²) in [4.78, 5) is 11.1. The highest BCUT2D eigenvalue weighted by Gasteiger charge is 2.38. The summed E-state index contributed by atoms with van der Waals surface area (Å²) in [6.45, 7) is 0. The maximum atomic E-state index is 11.1. The highest BCUT2D eigenvalue weighted by Crippen LogP contribution is 2.27. The predicted octanol–water partition coefficient (Wildman–Crippen LogP) is -0.0320. The van der Waals surface area contributed by atoms with Crippen molar-refractivity contribution < 1.29 is 4.79 Å². The summed E-state index contributed by atoms with van der Waals surface area (Å²) in [7, 11) is 0. The first kappa shape index (κ1) is 8.26. The van der Waals surface area contributed by atoms with Crippen LogP contribution in [0.3, 0.4) is 0 Å². The molecule has 0 radical (unpaired) electrons. The predicted molar refractivity (Wildman–Crippen MR) is 50.0 cm³/mol. The van der Waals surface area contributed by atoms with E-state index >= 15 is 0 Å². The number of rotatable bonds is 1. The summed E-state index contributed by atoms with van der Waals surface area (Å²) >= 11 is 0. The fourth-order valence-corrected chi connectivity index (χ4v) is 1.82. The molecule has 3 heteroatoms. The minimum absolute atomic E-state index is 0.413. The van der Waals surface area contributed by atoms with Crippen molar-refractivity contribution in [1.29, 1.82) is 0 Å². The molecular weight excluding hydrogens is 164 g/mol. The molecule has 0 spiro atoms. The normalized spacial score (nSPS) is 18.2. The van der Waals surface area contributed by atoms with Gasteiger partial charge in [0.1, 0.15) is 5.54 Å². The van der Waals surface area contributed by atoms with E-state index in [9.17, 15) is 4.79 Å². The molecule has 0 aromatic heterocycles. The summed E-state index contributed by atoms with van der Waals surface area (Å²) in [5.74, 6) is -0.413. The van der Waals surface area contributed by atoms with E-state index < -0.39 is 11.4 Å². The second-order valence-electron chi connectivity index (χ2n) is 3.64. The molecule has 1 aromatic rings. The maximum absolute atomic E-state index is 11.1. The van der Waals surface area contributed by atoms with Crippen molar-refractivity contribution in [3.05, 3.63) is 35.4 Å². The lowest BCUT2D eigenvalue weighted by atomic mass is 9.97. The van der Waals surface area contributed by atoms with Crippen molar-refractivity contribution in [2.45, 2.75) is 18.4 Å². The SMILES string of the molecule is NC(=O)C1(N)Cc2ccccc2C1. The molecule has 0 heterocycles. The van der Waals surface area contributed by atoms with Crippen LogP contribution in [0.2, 0.25) is 0 Å². The van der Waals surface area contributed by atoms with E-state index in [0.717, 1.165) is 11.1 Å². The Labute approximate surface area is 76.7 Å². The standard InChI is InChI=1S/C10H12N2O/c11-9(13)10(12)5-7-3-1-2-4-8(7)6-10/h1-4H,5-6,12H2,(H2,11,13). The van der Waals surface area contributed by atoms with E-state index in [0.29, 0.717) is 12.8 Å². The van der Waals surface area contributed by atoms with Crippen LogP contribution in [0.1, 0.15) is 11.1 Å². The highest BCUT2D eigenvalue weighted by atomic mass is 16.1. The lowest BCUT2D eigenvalue weighted by molar-refractivity contribution is -0.122. The lowest BCUT2D eigenvalue weighted by Gasteiger charge is -2.18. The quantitative estimate of drug-likeness (QED) is 0.630. The van der Waals surface area contributed by atoms with Crippen molar-refractivity contribution in [3.8, 4) is 0 Å². The molecule has 0 atom stereocenters. The third kappa shape index (κ3) is 1.21. The van der Waals surface area contributed by atoms with Crippen molar-refractivity contribution in [2.75, 3.05) is 0 Å². The second kappa shape index (κ2) is 2.57. The van der Waals surface area contributed by atoms with Crippen LogP contribution >= 0.6 is 0 Å². The molecule has 0 aliphatic heterocycles. The number of benzene rings is 1. The number of fused-ring (bicyclic) bond motifs is 1. The molecule has 1 aliphatic rings.